The number of benzene rings is 2. The van der Waals surface area contributed by atoms with Gasteiger partial charge in [0.1, 0.15) is 12.4 Å². The Balaban J connectivity index is 1.55. The molecule has 1 saturated heterocycles. The molecular weight excluding hydrogens is 405 g/mol. The third-order valence-corrected chi connectivity index (χ3v) is 6.43. The van der Waals surface area contributed by atoms with E-state index in [0.717, 1.165) is 24.2 Å². The van der Waals surface area contributed by atoms with E-state index in [4.69, 9.17) is 0 Å². The molecule has 2 aliphatic rings. The number of thioether (sulfide) groups is 1. The third kappa shape index (κ3) is 4.33. The number of halogens is 1. The fourth-order valence-electron chi connectivity index (χ4n) is 3.73. The van der Waals surface area contributed by atoms with Gasteiger partial charge in [0.05, 0.1) is 5.69 Å². The first-order valence-corrected chi connectivity index (χ1v) is 10.8. The monoisotopic (exact) mass is 427 g/mol. The number of hydrogen-bond acceptors (Lipinski definition) is 4. The number of amides is 3. The van der Waals surface area contributed by atoms with E-state index in [1.165, 1.54) is 34.9 Å². The van der Waals surface area contributed by atoms with Crippen LogP contribution in [-0.4, -0.2) is 47.5 Å². The zero-order valence-corrected chi connectivity index (χ0v) is 17.2. The van der Waals surface area contributed by atoms with Crippen LogP contribution in [0.2, 0.25) is 0 Å². The number of para-hydroxylation sites is 1. The number of hydrogen-bond donors (Lipinski definition) is 1. The number of nitrogens with zero attached hydrogens (tertiary/aromatic N) is 2. The Hall–Kier alpha value is -2.87. The lowest BCUT2D eigenvalue weighted by molar-refractivity contribution is -0.135. The summed E-state index contributed by atoms with van der Waals surface area (Å²) in [5, 5.41) is 1.71. The fourth-order valence-corrected chi connectivity index (χ4v) is 4.92. The molecule has 1 atom stereocenters. The largest absolute Gasteiger partial charge is 0.341 e. The van der Waals surface area contributed by atoms with Gasteiger partial charge in [-0.1, -0.05) is 18.2 Å². The van der Waals surface area contributed by atoms with E-state index >= 15 is 0 Å². The van der Waals surface area contributed by atoms with Crippen molar-refractivity contribution in [2.75, 3.05) is 29.9 Å². The molecule has 6 nitrogen and oxygen atoms in total. The van der Waals surface area contributed by atoms with E-state index in [0.29, 0.717) is 24.5 Å². The maximum atomic E-state index is 13.4. The highest BCUT2D eigenvalue weighted by Crippen LogP contribution is 2.39. The first kappa shape index (κ1) is 20.4. The molecule has 156 valence electrons. The zero-order valence-electron chi connectivity index (χ0n) is 16.3. The molecule has 1 unspecified atom stereocenters. The summed E-state index contributed by atoms with van der Waals surface area (Å²) in [4.78, 5) is 42.8. The average molecular weight is 428 g/mol. The number of nitrogens with one attached hydrogen (secondary N) is 1. The minimum absolute atomic E-state index is 0.199. The van der Waals surface area contributed by atoms with Gasteiger partial charge in [-0.2, -0.15) is 0 Å². The van der Waals surface area contributed by atoms with Crippen LogP contribution < -0.4 is 10.2 Å². The molecule has 8 heteroatoms. The summed E-state index contributed by atoms with van der Waals surface area (Å²) >= 11 is 1.24. The SMILES string of the molecule is O=C(CN1C(=O)C(C(=O)N2CCCCC2)Sc2ccccc21)Nc1cccc(F)c1. The smallest absolute Gasteiger partial charge is 0.250 e. The van der Waals surface area contributed by atoms with Gasteiger partial charge >= 0.3 is 0 Å². The van der Waals surface area contributed by atoms with Crippen molar-refractivity contribution in [1.29, 1.82) is 0 Å². The van der Waals surface area contributed by atoms with E-state index in [9.17, 15) is 18.8 Å². The predicted molar refractivity (Wildman–Crippen MR) is 114 cm³/mol. The van der Waals surface area contributed by atoms with E-state index in [1.807, 2.05) is 12.1 Å². The molecule has 1 N–H and O–H groups in total. The van der Waals surface area contributed by atoms with Gasteiger partial charge in [-0.3, -0.25) is 14.4 Å². The lowest BCUT2D eigenvalue weighted by Crippen LogP contribution is -2.52. The summed E-state index contributed by atoms with van der Waals surface area (Å²) in [5.74, 6) is -1.52. The maximum absolute atomic E-state index is 13.4. The van der Waals surface area contributed by atoms with Crippen LogP contribution >= 0.6 is 11.8 Å². The highest BCUT2D eigenvalue weighted by Gasteiger charge is 2.40. The molecule has 0 aromatic heterocycles. The third-order valence-electron chi connectivity index (χ3n) is 5.19. The summed E-state index contributed by atoms with van der Waals surface area (Å²) in [7, 11) is 0. The van der Waals surface area contributed by atoms with Crippen LogP contribution in [-0.2, 0) is 14.4 Å². The van der Waals surface area contributed by atoms with Crippen LogP contribution in [0.4, 0.5) is 15.8 Å². The van der Waals surface area contributed by atoms with Gasteiger partial charge in [0, 0.05) is 23.7 Å². The quantitative estimate of drug-likeness (QED) is 0.761. The molecule has 0 bridgehead atoms. The number of anilines is 2. The Kier molecular flexibility index (Phi) is 6.03. The van der Waals surface area contributed by atoms with Crippen molar-refractivity contribution in [2.45, 2.75) is 29.4 Å². The zero-order chi connectivity index (χ0) is 21.1. The highest BCUT2D eigenvalue weighted by molar-refractivity contribution is 8.01. The molecule has 1 fully saturated rings. The maximum Gasteiger partial charge on any atom is 0.250 e. The van der Waals surface area contributed by atoms with Gasteiger partial charge in [0.15, 0.2) is 5.25 Å². The molecule has 3 amide bonds. The highest BCUT2D eigenvalue weighted by atomic mass is 32.2. The minimum atomic E-state index is -0.903. The number of fused-ring (bicyclic) bond motifs is 1. The minimum Gasteiger partial charge on any atom is -0.341 e. The van der Waals surface area contributed by atoms with Crippen LogP contribution in [0.25, 0.3) is 0 Å². The first-order chi connectivity index (χ1) is 14.5. The Labute approximate surface area is 178 Å². The van der Waals surface area contributed by atoms with Crippen molar-refractivity contribution in [3.8, 4) is 0 Å². The summed E-state index contributed by atoms with van der Waals surface area (Å²) in [6.07, 6.45) is 2.96. The van der Waals surface area contributed by atoms with Crippen LogP contribution in [0.1, 0.15) is 19.3 Å². The molecular formula is C22H22FN3O3S. The molecule has 2 aromatic carbocycles. The summed E-state index contributed by atoms with van der Waals surface area (Å²) in [5.41, 5.74) is 0.914. The summed E-state index contributed by atoms with van der Waals surface area (Å²) in [6.45, 7) is 1.06. The predicted octanol–water partition coefficient (Wildman–Crippen LogP) is 3.28. The lowest BCUT2D eigenvalue weighted by atomic mass is 10.1. The molecule has 0 saturated carbocycles. The van der Waals surface area contributed by atoms with Gasteiger partial charge in [-0.15, -0.1) is 11.8 Å². The normalized spacial score (nSPS) is 18.7. The first-order valence-electron chi connectivity index (χ1n) is 9.94. The summed E-state index contributed by atoms with van der Waals surface area (Å²) in [6, 6.07) is 12.8. The molecule has 0 aliphatic carbocycles. The van der Waals surface area contributed by atoms with E-state index in [1.54, 1.807) is 23.1 Å². The van der Waals surface area contributed by atoms with Gasteiger partial charge in [0.25, 0.3) is 5.91 Å². The molecule has 0 spiro atoms. The second-order valence-corrected chi connectivity index (χ2v) is 8.48. The van der Waals surface area contributed by atoms with Crippen molar-refractivity contribution >= 4 is 40.9 Å². The Morgan fingerprint density at radius 3 is 2.60 bits per heavy atom. The van der Waals surface area contributed by atoms with Crippen molar-refractivity contribution in [1.82, 2.24) is 4.90 Å². The number of carbonyl (C=O) groups is 3. The Bertz CT molecular complexity index is 978. The molecule has 2 aliphatic heterocycles. The van der Waals surface area contributed by atoms with E-state index in [-0.39, 0.29) is 12.5 Å². The van der Waals surface area contributed by atoms with Crippen molar-refractivity contribution in [2.24, 2.45) is 0 Å². The Morgan fingerprint density at radius 1 is 1.07 bits per heavy atom. The fraction of sp³-hybridized carbons (Fsp3) is 0.318. The van der Waals surface area contributed by atoms with Gasteiger partial charge in [-0.05, 0) is 49.6 Å². The second-order valence-electron chi connectivity index (χ2n) is 7.33. The molecule has 0 radical (unpaired) electrons. The van der Waals surface area contributed by atoms with Crippen molar-refractivity contribution < 1.29 is 18.8 Å². The van der Waals surface area contributed by atoms with E-state index < -0.39 is 22.9 Å². The summed E-state index contributed by atoms with van der Waals surface area (Å²) < 4.78 is 13.4. The average Bonchev–Trinajstić information content (AvgIpc) is 2.75. The topological polar surface area (TPSA) is 69.7 Å². The van der Waals surface area contributed by atoms with Gasteiger partial charge in [0.2, 0.25) is 11.8 Å². The molecule has 30 heavy (non-hydrogen) atoms. The van der Waals surface area contributed by atoms with Crippen LogP contribution in [0.15, 0.2) is 53.4 Å². The van der Waals surface area contributed by atoms with Crippen molar-refractivity contribution in [3.63, 3.8) is 0 Å². The molecule has 2 heterocycles. The Morgan fingerprint density at radius 2 is 1.83 bits per heavy atom. The van der Waals surface area contributed by atoms with Crippen molar-refractivity contribution in [3.05, 3.63) is 54.3 Å². The standard InChI is InChI=1S/C22H22FN3O3S/c23-15-7-6-8-16(13-15)24-19(27)14-26-17-9-2-3-10-18(17)30-20(22(26)29)21(28)25-11-4-1-5-12-25/h2-3,6-10,13,20H,1,4-5,11-12,14H2,(H,24,27). The van der Waals surface area contributed by atoms with Crippen LogP contribution in [0.3, 0.4) is 0 Å². The van der Waals surface area contributed by atoms with Crippen LogP contribution in [0.5, 0.6) is 0 Å². The molecule has 2 aromatic rings. The van der Waals surface area contributed by atoms with E-state index in [2.05, 4.69) is 5.32 Å². The number of likely N-dealkylation sites (tertiary alicyclic amines) is 1. The van der Waals surface area contributed by atoms with Gasteiger partial charge < -0.3 is 15.1 Å². The number of rotatable bonds is 4. The van der Waals surface area contributed by atoms with Gasteiger partial charge in [-0.25, -0.2) is 4.39 Å². The molecule has 4 rings (SSSR count). The number of piperidine rings is 1. The lowest BCUT2D eigenvalue weighted by Gasteiger charge is -2.36. The van der Waals surface area contributed by atoms with Crippen LogP contribution in [0, 0.1) is 5.82 Å². The second kappa shape index (κ2) is 8.87. The number of carbonyl (C=O) groups excluding carboxylic acids is 3.